The molecule has 1 amide bonds. The lowest BCUT2D eigenvalue weighted by molar-refractivity contribution is 0.0953. The van der Waals surface area contributed by atoms with Crippen LogP contribution in [-0.2, 0) is 0 Å². The molecule has 1 aromatic rings. The number of rotatable bonds is 5. The van der Waals surface area contributed by atoms with Crippen LogP contribution in [0.4, 0.5) is 0 Å². The molecule has 5 heteroatoms. The highest BCUT2D eigenvalue weighted by atomic mass is 32.2. The predicted octanol–water partition coefficient (Wildman–Crippen LogP) is 1.49. The van der Waals surface area contributed by atoms with E-state index in [9.17, 15) is 9.90 Å². The number of ether oxygens (including phenoxy) is 1. The Morgan fingerprint density at radius 2 is 2.31 bits per heavy atom. The number of hydrogen-bond donors (Lipinski definition) is 2. The second-order valence-corrected chi connectivity index (χ2v) is 4.09. The Hall–Kier alpha value is -1.36. The van der Waals surface area contributed by atoms with Gasteiger partial charge in [-0.25, -0.2) is 0 Å². The van der Waals surface area contributed by atoms with Crippen molar-refractivity contribution in [2.24, 2.45) is 0 Å². The fourth-order valence-corrected chi connectivity index (χ4v) is 1.54. The van der Waals surface area contributed by atoms with Gasteiger partial charge in [-0.15, -0.1) is 0 Å². The molecule has 88 valence electrons. The van der Waals surface area contributed by atoms with Crippen molar-refractivity contribution in [2.75, 3.05) is 25.7 Å². The van der Waals surface area contributed by atoms with E-state index in [0.717, 1.165) is 5.75 Å². The molecule has 2 N–H and O–H groups in total. The van der Waals surface area contributed by atoms with E-state index in [1.165, 1.54) is 7.11 Å². The van der Waals surface area contributed by atoms with Crippen LogP contribution in [0.1, 0.15) is 10.4 Å². The van der Waals surface area contributed by atoms with Gasteiger partial charge in [0.25, 0.3) is 5.91 Å². The molecule has 16 heavy (non-hydrogen) atoms. The molecule has 0 saturated carbocycles. The standard InChI is InChI=1S/C11H15NO3S/c1-15-9-5-3-4-8(10(9)13)11(14)12-6-7-16-2/h3-5,13H,6-7H2,1-2H3,(H,12,14). The first-order valence-electron chi connectivity index (χ1n) is 4.83. The van der Waals surface area contributed by atoms with E-state index < -0.39 is 0 Å². The molecule has 1 rings (SSSR count). The molecule has 0 aromatic heterocycles. The van der Waals surface area contributed by atoms with Crippen molar-refractivity contribution in [2.45, 2.75) is 0 Å². The molecular formula is C11H15NO3S. The van der Waals surface area contributed by atoms with Crippen LogP contribution in [0.2, 0.25) is 0 Å². The number of phenols is 1. The summed E-state index contributed by atoms with van der Waals surface area (Å²) in [5, 5.41) is 12.4. The van der Waals surface area contributed by atoms with Crippen LogP contribution in [0.3, 0.4) is 0 Å². The lowest BCUT2D eigenvalue weighted by Gasteiger charge is -2.08. The summed E-state index contributed by atoms with van der Waals surface area (Å²) in [6.07, 6.45) is 1.97. The maximum Gasteiger partial charge on any atom is 0.255 e. The summed E-state index contributed by atoms with van der Waals surface area (Å²) in [6, 6.07) is 4.84. The monoisotopic (exact) mass is 241 g/mol. The van der Waals surface area contributed by atoms with Crippen LogP contribution < -0.4 is 10.1 Å². The zero-order valence-electron chi connectivity index (χ0n) is 9.32. The number of thioether (sulfide) groups is 1. The minimum Gasteiger partial charge on any atom is -0.504 e. The number of methoxy groups -OCH3 is 1. The van der Waals surface area contributed by atoms with E-state index in [1.807, 2.05) is 6.26 Å². The Balaban J connectivity index is 2.75. The van der Waals surface area contributed by atoms with Gasteiger partial charge in [-0.2, -0.15) is 11.8 Å². The van der Waals surface area contributed by atoms with Crippen molar-refractivity contribution < 1.29 is 14.6 Å². The second-order valence-electron chi connectivity index (χ2n) is 3.11. The van der Waals surface area contributed by atoms with Gasteiger partial charge in [0, 0.05) is 12.3 Å². The van der Waals surface area contributed by atoms with Crippen molar-refractivity contribution in [3.8, 4) is 11.5 Å². The van der Waals surface area contributed by atoms with Crippen molar-refractivity contribution >= 4 is 17.7 Å². The second kappa shape index (κ2) is 6.27. The fraction of sp³-hybridized carbons (Fsp3) is 0.364. The number of benzene rings is 1. The summed E-state index contributed by atoms with van der Waals surface area (Å²) >= 11 is 1.65. The average molecular weight is 241 g/mol. The summed E-state index contributed by atoms with van der Waals surface area (Å²) in [6.45, 7) is 0.580. The number of hydrogen-bond acceptors (Lipinski definition) is 4. The van der Waals surface area contributed by atoms with Gasteiger partial charge in [0.05, 0.1) is 12.7 Å². The molecule has 0 saturated heterocycles. The van der Waals surface area contributed by atoms with Gasteiger partial charge >= 0.3 is 0 Å². The molecule has 0 unspecified atom stereocenters. The summed E-state index contributed by atoms with van der Waals surface area (Å²) in [7, 11) is 1.45. The van der Waals surface area contributed by atoms with Crippen LogP contribution >= 0.6 is 11.8 Å². The summed E-state index contributed by atoms with van der Waals surface area (Å²) in [5.74, 6) is 0.742. The molecule has 0 aliphatic heterocycles. The van der Waals surface area contributed by atoms with Crippen LogP contribution in [-0.4, -0.2) is 36.7 Å². The van der Waals surface area contributed by atoms with E-state index in [4.69, 9.17) is 4.74 Å². The molecule has 0 bridgehead atoms. The number of carbonyl (C=O) groups is 1. The number of para-hydroxylation sites is 1. The molecular weight excluding hydrogens is 226 g/mol. The van der Waals surface area contributed by atoms with Crippen molar-refractivity contribution in [3.05, 3.63) is 23.8 Å². The van der Waals surface area contributed by atoms with Gasteiger partial charge in [0.2, 0.25) is 0 Å². The van der Waals surface area contributed by atoms with Crippen LogP contribution in [0.25, 0.3) is 0 Å². The van der Waals surface area contributed by atoms with Gasteiger partial charge in [0.1, 0.15) is 0 Å². The SMILES string of the molecule is COc1cccc(C(=O)NCCSC)c1O. The summed E-state index contributed by atoms with van der Waals surface area (Å²) < 4.78 is 4.93. The van der Waals surface area contributed by atoms with Gasteiger partial charge in [0.15, 0.2) is 11.5 Å². The van der Waals surface area contributed by atoms with Crippen molar-refractivity contribution in [1.82, 2.24) is 5.32 Å². The molecule has 0 aliphatic rings. The number of aromatic hydroxyl groups is 1. The maximum absolute atomic E-state index is 11.7. The van der Waals surface area contributed by atoms with Gasteiger partial charge in [-0.05, 0) is 18.4 Å². The average Bonchev–Trinajstić information content (AvgIpc) is 2.29. The lowest BCUT2D eigenvalue weighted by atomic mass is 10.1. The molecule has 1 aromatic carbocycles. The van der Waals surface area contributed by atoms with Crippen molar-refractivity contribution in [3.63, 3.8) is 0 Å². The number of amides is 1. The fourth-order valence-electron chi connectivity index (χ4n) is 1.23. The van der Waals surface area contributed by atoms with E-state index in [0.29, 0.717) is 12.3 Å². The van der Waals surface area contributed by atoms with E-state index >= 15 is 0 Å². The summed E-state index contributed by atoms with van der Waals surface area (Å²) in [5.41, 5.74) is 0.237. The molecule has 0 spiro atoms. The topological polar surface area (TPSA) is 58.6 Å². The van der Waals surface area contributed by atoms with Crippen molar-refractivity contribution in [1.29, 1.82) is 0 Å². The Morgan fingerprint density at radius 3 is 2.94 bits per heavy atom. The highest BCUT2D eigenvalue weighted by Crippen LogP contribution is 2.28. The zero-order valence-corrected chi connectivity index (χ0v) is 10.1. The Bertz CT molecular complexity index is 368. The molecule has 4 nitrogen and oxygen atoms in total. The first-order chi connectivity index (χ1) is 7.70. The van der Waals surface area contributed by atoms with Crippen LogP contribution in [0.5, 0.6) is 11.5 Å². The maximum atomic E-state index is 11.7. The molecule has 0 fully saturated rings. The molecule has 0 radical (unpaired) electrons. The third kappa shape index (κ3) is 3.06. The molecule has 0 atom stereocenters. The molecule has 0 heterocycles. The quantitative estimate of drug-likeness (QED) is 0.767. The number of nitrogens with one attached hydrogen (secondary N) is 1. The van der Waals surface area contributed by atoms with E-state index in [2.05, 4.69) is 5.32 Å². The molecule has 0 aliphatic carbocycles. The first-order valence-corrected chi connectivity index (χ1v) is 6.23. The van der Waals surface area contributed by atoms with Gasteiger partial charge in [-0.1, -0.05) is 6.07 Å². The van der Waals surface area contributed by atoms with Gasteiger partial charge in [-0.3, -0.25) is 4.79 Å². The minimum atomic E-state index is -0.287. The Morgan fingerprint density at radius 1 is 1.56 bits per heavy atom. The lowest BCUT2D eigenvalue weighted by Crippen LogP contribution is -2.25. The largest absolute Gasteiger partial charge is 0.504 e. The third-order valence-electron chi connectivity index (χ3n) is 2.06. The highest BCUT2D eigenvalue weighted by Gasteiger charge is 2.13. The first kappa shape index (κ1) is 12.7. The van der Waals surface area contributed by atoms with E-state index in [-0.39, 0.29) is 17.2 Å². The Labute approximate surface area is 99.0 Å². The zero-order chi connectivity index (χ0) is 12.0. The summed E-state index contributed by atoms with van der Waals surface area (Å²) in [4.78, 5) is 11.7. The minimum absolute atomic E-state index is 0.119. The van der Waals surface area contributed by atoms with Gasteiger partial charge < -0.3 is 15.2 Å². The number of phenolic OH excluding ortho intramolecular Hbond substituents is 1. The third-order valence-corrected chi connectivity index (χ3v) is 2.67. The van der Waals surface area contributed by atoms with E-state index in [1.54, 1.807) is 30.0 Å². The van der Waals surface area contributed by atoms with Crippen LogP contribution in [0, 0.1) is 0 Å². The van der Waals surface area contributed by atoms with Crippen LogP contribution in [0.15, 0.2) is 18.2 Å². The smallest absolute Gasteiger partial charge is 0.255 e. The highest BCUT2D eigenvalue weighted by molar-refractivity contribution is 7.98. The predicted molar refractivity (Wildman–Crippen MR) is 65.4 cm³/mol. The number of carbonyl (C=O) groups excluding carboxylic acids is 1. The Kier molecular flexibility index (Phi) is 4.98. The normalized spacial score (nSPS) is 9.88.